The van der Waals surface area contributed by atoms with Gasteiger partial charge < -0.3 is 14.8 Å². The zero-order valence-electron chi connectivity index (χ0n) is 9.77. The minimum absolute atomic E-state index is 0.792. The van der Waals surface area contributed by atoms with Gasteiger partial charge in [-0.3, -0.25) is 0 Å². The number of alkyl halides is 1. The lowest BCUT2D eigenvalue weighted by atomic mass is 10.2. The molecule has 0 aromatic rings. The smallest absolute Gasteiger partial charge is 0.0590 e. The summed E-state index contributed by atoms with van der Waals surface area (Å²) in [5, 5.41) is 4.48. The molecule has 0 rings (SSSR count). The Morgan fingerprint density at radius 1 is 0.933 bits per heavy atom. The molecule has 0 fully saturated rings. The third kappa shape index (κ3) is 14.4. The van der Waals surface area contributed by atoms with Crippen LogP contribution < -0.4 is 5.32 Å². The maximum Gasteiger partial charge on any atom is 0.0590 e. The van der Waals surface area contributed by atoms with E-state index in [2.05, 4.69) is 21.2 Å². The van der Waals surface area contributed by atoms with E-state index in [0.717, 1.165) is 44.7 Å². The molecule has 0 aliphatic heterocycles. The Morgan fingerprint density at radius 3 is 2.53 bits per heavy atom. The van der Waals surface area contributed by atoms with Crippen LogP contribution in [0.5, 0.6) is 0 Å². The quantitative estimate of drug-likeness (QED) is 0.440. The molecule has 0 spiro atoms. The summed E-state index contributed by atoms with van der Waals surface area (Å²) in [6.45, 7) is 4.47. The Morgan fingerprint density at radius 2 is 1.80 bits per heavy atom. The molecule has 3 nitrogen and oxygen atoms in total. The van der Waals surface area contributed by atoms with E-state index in [0.29, 0.717) is 0 Å². The van der Waals surface area contributed by atoms with Crippen molar-refractivity contribution in [2.24, 2.45) is 0 Å². The van der Waals surface area contributed by atoms with Crippen LogP contribution in [0.1, 0.15) is 25.7 Å². The van der Waals surface area contributed by atoms with E-state index in [1.165, 1.54) is 19.3 Å². The summed E-state index contributed by atoms with van der Waals surface area (Å²) < 4.78 is 10.3. The van der Waals surface area contributed by atoms with Gasteiger partial charge in [0, 0.05) is 32.2 Å². The van der Waals surface area contributed by atoms with Gasteiger partial charge in [-0.2, -0.15) is 0 Å². The Bertz CT molecular complexity index is 103. The average molecular weight is 282 g/mol. The van der Waals surface area contributed by atoms with E-state index in [1.54, 1.807) is 7.11 Å². The molecular weight excluding hydrogens is 258 g/mol. The minimum atomic E-state index is 0.792. The molecule has 0 amide bonds. The molecule has 15 heavy (non-hydrogen) atoms. The highest BCUT2D eigenvalue weighted by molar-refractivity contribution is 9.09. The highest BCUT2D eigenvalue weighted by Crippen LogP contribution is 1.96. The van der Waals surface area contributed by atoms with Gasteiger partial charge in [0.1, 0.15) is 0 Å². The lowest BCUT2D eigenvalue weighted by Gasteiger charge is -2.05. The van der Waals surface area contributed by atoms with Crippen LogP contribution in [-0.2, 0) is 9.47 Å². The third-order valence-corrected chi connectivity index (χ3v) is 2.61. The Labute approximate surface area is 102 Å². The normalized spacial score (nSPS) is 10.8. The molecular formula is C11H24BrNO2. The van der Waals surface area contributed by atoms with Crippen molar-refractivity contribution >= 4 is 15.9 Å². The Kier molecular flexibility index (Phi) is 14.7. The van der Waals surface area contributed by atoms with Crippen molar-refractivity contribution in [1.29, 1.82) is 0 Å². The Hall–Kier alpha value is 0.360. The lowest BCUT2D eigenvalue weighted by molar-refractivity contribution is 0.104. The van der Waals surface area contributed by atoms with Gasteiger partial charge in [-0.25, -0.2) is 0 Å². The van der Waals surface area contributed by atoms with Crippen LogP contribution in [0.2, 0.25) is 0 Å². The fourth-order valence-corrected chi connectivity index (χ4v) is 1.59. The van der Waals surface area contributed by atoms with Gasteiger partial charge in [0.15, 0.2) is 0 Å². The predicted molar refractivity (Wildman–Crippen MR) is 67.8 cm³/mol. The molecule has 0 saturated heterocycles. The molecule has 0 aromatic heterocycles. The molecule has 0 unspecified atom stereocenters. The van der Waals surface area contributed by atoms with Gasteiger partial charge in [0.05, 0.1) is 6.61 Å². The predicted octanol–water partition coefficient (Wildman–Crippen LogP) is 2.19. The first-order valence-corrected chi connectivity index (χ1v) is 6.87. The van der Waals surface area contributed by atoms with Gasteiger partial charge in [-0.1, -0.05) is 22.4 Å². The second-order valence-electron chi connectivity index (χ2n) is 3.46. The lowest BCUT2D eigenvalue weighted by Crippen LogP contribution is -2.21. The summed E-state index contributed by atoms with van der Waals surface area (Å²) in [7, 11) is 1.72. The van der Waals surface area contributed by atoms with Crippen LogP contribution in [0.3, 0.4) is 0 Å². The molecule has 0 radical (unpaired) electrons. The summed E-state index contributed by atoms with van der Waals surface area (Å²) in [5.41, 5.74) is 0. The highest BCUT2D eigenvalue weighted by atomic mass is 79.9. The molecule has 0 atom stereocenters. The number of nitrogens with one attached hydrogen (secondary N) is 1. The molecule has 0 bridgehead atoms. The molecule has 1 N–H and O–H groups in total. The highest BCUT2D eigenvalue weighted by Gasteiger charge is 1.90. The standard InChI is InChI=1S/C11H24BrNO2/c1-14-9-5-10-15-11-8-13-7-4-2-3-6-12/h13H,2-11H2,1H3. The second-order valence-corrected chi connectivity index (χ2v) is 4.25. The Balaban J connectivity index is 2.81. The monoisotopic (exact) mass is 281 g/mol. The van der Waals surface area contributed by atoms with Crippen LogP contribution in [0, 0.1) is 0 Å². The van der Waals surface area contributed by atoms with E-state index in [9.17, 15) is 0 Å². The number of halogens is 1. The molecule has 0 aliphatic carbocycles. The van der Waals surface area contributed by atoms with E-state index >= 15 is 0 Å². The van der Waals surface area contributed by atoms with Crippen molar-refractivity contribution in [3.63, 3.8) is 0 Å². The molecule has 0 saturated carbocycles. The third-order valence-electron chi connectivity index (χ3n) is 2.05. The topological polar surface area (TPSA) is 30.5 Å². The van der Waals surface area contributed by atoms with Crippen LogP contribution in [0.25, 0.3) is 0 Å². The van der Waals surface area contributed by atoms with Crippen molar-refractivity contribution in [3.8, 4) is 0 Å². The summed E-state index contributed by atoms with van der Waals surface area (Å²) in [4.78, 5) is 0. The first-order valence-electron chi connectivity index (χ1n) is 5.75. The maximum absolute atomic E-state index is 5.41. The van der Waals surface area contributed by atoms with Crippen molar-refractivity contribution in [2.75, 3.05) is 45.4 Å². The van der Waals surface area contributed by atoms with Crippen molar-refractivity contribution in [1.82, 2.24) is 5.32 Å². The summed E-state index contributed by atoms with van der Waals surface area (Å²) in [5.74, 6) is 0. The SMILES string of the molecule is COCCCOCCNCCCCCBr. The number of unbranched alkanes of at least 4 members (excludes halogenated alkanes) is 2. The maximum atomic E-state index is 5.41. The van der Waals surface area contributed by atoms with E-state index < -0.39 is 0 Å². The second kappa shape index (κ2) is 14.4. The summed E-state index contributed by atoms with van der Waals surface area (Å²) in [6.07, 6.45) is 4.82. The molecule has 0 aliphatic rings. The minimum Gasteiger partial charge on any atom is -0.385 e. The fourth-order valence-electron chi connectivity index (χ4n) is 1.20. The van der Waals surface area contributed by atoms with Crippen LogP contribution in [0.4, 0.5) is 0 Å². The molecule has 0 heterocycles. The average Bonchev–Trinajstić information content (AvgIpc) is 2.26. The largest absolute Gasteiger partial charge is 0.385 e. The zero-order valence-corrected chi connectivity index (χ0v) is 11.4. The van der Waals surface area contributed by atoms with Crippen molar-refractivity contribution in [3.05, 3.63) is 0 Å². The van der Waals surface area contributed by atoms with Gasteiger partial charge >= 0.3 is 0 Å². The fraction of sp³-hybridized carbons (Fsp3) is 1.00. The van der Waals surface area contributed by atoms with Gasteiger partial charge in [0.25, 0.3) is 0 Å². The zero-order chi connectivity index (χ0) is 11.2. The van der Waals surface area contributed by atoms with Gasteiger partial charge in [0.2, 0.25) is 0 Å². The van der Waals surface area contributed by atoms with Crippen LogP contribution >= 0.6 is 15.9 Å². The van der Waals surface area contributed by atoms with Crippen LogP contribution in [0.15, 0.2) is 0 Å². The summed E-state index contributed by atoms with van der Waals surface area (Å²) >= 11 is 3.42. The van der Waals surface area contributed by atoms with Gasteiger partial charge in [-0.15, -0.1) is 0 Å². The first-order chi connectivity index (χ1) is 7.41. The van der Waals surface area contributed by atoms with E-state index in [1.807, 2.05) is 0 Å². The number of rotatable bonds is 12. The van der Waals surface area contributed by atoms with Crippen molar-refractivity contribution < 1.29 is 9.47 Å². The van der Waals surface area contributed by atoms with Crippen molar-refractivity contribution in [2.45, 2.75) is 25.7 Å². The van der Waals surface area contributed by atoms with Gasteiger partial charge in [-0.05, 0) is 25.8 Å². The van der Waals surface area contributed by atoms with E-state index in [4.69, 9.17) is 9.47 Å². The number of hydrogen-bond donors (Lipinski definition) is 1. The van der Waals surface area contributed by atoms with E-state index in [-0.39, 0.29) is 0 Å². The molecule has 92 valence electrons. The molecule has 4 heteroatoms. The number of ether oxygens (including phenoxy) is 2. The molecule has 0 aromatic carbocycles. The number of hydrogen-bond acceptors (Lipinski definition) is 3. The summed E-state index contributed by atoms with van der Waals surface area (Å²) in [6, 6.07) is 0. The first kappa shape index (κ1) is 15.4. The van der Waals surface area contributed by atoms with Crippen LogP contribution in [-0.4, -0.2) is 45.4 Å². The number of methoxy groups -OCH3 is 1.